The average Bonchev–Trinajstić information content (AvgIpc) is 3.73. The number of fused-ring (bicyclic) bond motifs is 1. The Hall–Kier alpha value is -3.18. The number of hydrogen-bond acceptors (Lipinski definition) is 8. The fourth-order valence-electron chi connectivity index (χ4n) is 7.01. The van der Waals surface area contributed by atoms with Crippen molar-refractivity contribution in [2.75, 3.05) is 6.61 Å². The van der Waals surface area contributed by atoms with Crippen LogP contribution >= 0.6 is 0 Å². The van der Waals surface area contributed by atoms with E-state index in [-0.39, 0.29) is 74.5 Å². The number of hydrogen-bond donors (Lipinski definition) is 1. The van der Waals surface area contributed by atoms with Gasteiger partial charge in [0.1, 0.15) is 6.33 Å². The summed E-state index contributed by atoms with van der Waals surface area (Å²) in [4.78, 5) is 33.1. The third-order valence-electron chi connectivity index (χ3n) is 9.73. The van der Waals surface area contributed by atoms with Crippen LogP contribution in [0.15, 0.2) is 69.0 Å². The van der Waals surface area contributed by atoms with Crippen molar-refractivity contribution >= 4 is 57.2 Å². The average molecular weight is 660 g/mol. The van der Waals surface area contributed by atoms with E-state index < -0.39 is 5.76 Å². The van der Waals surface area contributed by atoms with E-state index in [2.05, 4.69) is 33.2 Å². The Morgan fingerprint density at radius 1 is 1.06 bits per heavy atom. The summed E-state index contributed by atoms with van der Waals surface area (Å²) in [6.07, 6.45) is 9.96. The zero-order valence-corrected chi connectivity index (χ0v) is 25.9. The van der Waals surface area contributed by atoms with Crippen molar-refractivity contribution in [2.45, 2.75) is 83.3 Å². The minimum atomic E-state index is -0.600. The third kappa shape index (κ3) is 6.75. The van der Waals surface area contributed by atoms with Crippen LogP contribution in [0.2, 0.25) is 0 Å². The van der Waals surface area contributed by atoms with Crippen molar-refractivity contribution in [3.8, 4) is 28.6 Å². The first-order valence-corrected chi connectivity index (χ1v) is 16.2. The predicted molar refractivity (Wildman–Crippen MR) is 178 cm³/mol. The Kier molecular flexibility index (Phi) is 10.4. The molecule has 238 valence electrons. The van der Waals surface area contributed by atoms with Gasteiger partial charge in [-0.05, 0) is 61.6 Å². The number of H-pyrrole nitrogens is 1. The first-order chi connectivity index (χ1) is 22.5. The van der Waals surface area contributed by atoms with Gasteiger partial charge in [0.2, 0.25) is 5.78 Å². The summed E-state index contributed by atoms with van der Waals surface area (Å²) in [6, 6.07) is 18.3. The van der Waals surface area contributed by atoms with Gasteiger partial charge in [-0.1, -0.05) is 73.5 Å². The third-order valence-corrected chi connectivity index (χ3v) is 9.73. The van der Waals surface area contributed by atoms with Gasteiger partial charge in [-0.3, -0.25) is 18.9 Å². The fraction of sp³-hybridized carbons (Fsp3) is 0.429. The first kappa shape index (κ1) is 33.7. The second-order valence-corrected chi connectivity index (χ2v) is 12.7. The zero-order valence-electron chi connectivity index (χ0n) is 25.9. The predicted octanol–water partition coefficient (Wildman–Crippen LogP) is 4.99. The quantitative estimate of drug-likeness (QED) is 0.207. The number of aromatic nitrogens is 6. The van der Waals surface area contributed by atoms with Crippen molar-refractivity contribution in [1.29, 1.82) is 5.26 Å². The summed E-state index contributed by atoms with van der Waals surface area (Å²) < 4.78 is 14.7. The molecule has 0 saturated heterocycles. The van der Waals surface area contributed by atoms with Crippen LogP contribution in [0.3, 0.4) is 0 Å². The van der Waals surface area contributed by atoms with Gasteiger partial charge >= 0.3 is 57.1 Å². The molecule has 0 unspecified atom stereocenters. The molecule has 0 spiro atoms. The van der Waals surface area contributed by atoms with Gasteiger partial charge in [-0.25, -0.2) is 9.31 Å². The molecular formula is C35H38KN7O4. The Labute approximate surface area is 314 Å². The molecule has 47 heavy (non-hydrogen) atoms. The van der Waals surface area contributed by atoms with E-state index in [1.165, 1.54) is 6.33 Å². The molecule has 2 aromatic carbocycles. The number of ether oxygens (including phenoxy) is 1. The van der Waals surface area contributed by atoms with Gasteiger partial charge in [-0.2, -0.15) is 15.3 Å². The van der Waals surface area contributed by atoms with E-state index in [0.29, 0.717) is 31.1 Å². The molecule has 2 saturated carbocycles. The molecule has 3 aromatic heterocycles. The minimum absolute atomic E-state index is 0. The summed E-state index contributed by atoms with van der Waals surface area (Å²) in [7, 11) is 0. The summed E-state index contributed by atoms with van der Waals surface area (Å²) in [5, 5.41) is 18.0. The monoisotopic (exact) mass is 659 g/mol. The molecule has 0 radical (unpaired) electrons. The van der Waals surface area contributed by atoms with Crippen LogP contribution in [-0.4, -0.2) is 93.4 Å². The Morgan fingerprint density at radius 2 is 1.81 bits per heavy atom. The number of rotatable bonds is 10. The topological polar surface area (TPSA) is 144 Å². The number of benzene rings is 2. The maximum atomic E-state index is 14.4. The molecule has 3 heterocycles. The van der Waals surface area contributed by atoms with E-state index in [1.54, 1.807) is 0 Å². The van der Waals surface area contributed by atoms with E-state index in [9.17, 15) is 14.9 Å². The number of aryl methyl sites for hydroxylation is 1. The van der Waals surface area contributed by atoms with Crippen LogP contribution in [0.1, 0.15) is 81.2 Å². The van der Waals surface area contributed by atoms with Crippen molar-refractivity contribution in [3.63, 3.8) is 0 Å². The van der Waals surface area contributed by atoms with E-state index >= 15 is 0 Å². The number of nitrogens with one attached hydrogen (secondary N) is 1. The summed E-state index contributed by atoms with van der Waals surface area (Å²) in [5.74, 6) is 0.370. The Bertz CT molecular complexity index is 2010. The number of nitrogens with zero attached hydrogens (tertiary/aromatic N) is 6. The maximum absolute atomic E-state index is 14.4. The zero-order chi connectivity index (χ0) is 31.7. The van der Waals surface area contributed by atoms with Gasteiger partial charge in [0, 0.05) is 23.6 Å². The van der Waals surface area contributed by atoms with Gasteiger partial charge in [0.05, 0.1) is 29.9 Å². The fourth-order valence-corrected chi connectivity index (χ4v) is 7.01. The standard InChI is InChI=1S/C35H37N7O4.K.H/c1-2-6-30-29(19-23-9-11-24(12-10-23)27-7-3-4-8-28(27)31-39-34(44)46-40-31)32(43)41(33-37-22-38-42(30)33)25-13-15-26(16-14-25)45-21-35(20-36)17-5-18-35;;/h3-4,7-12,22,25-26H,2,5-6,13-19,21H2,1H3,(H,39,40,44);;. The van der Waals surface area contributed by atoms with Gasteiger partial charge in [0.25, 0.3) is 5.56 Å². The first-order valence-electron chi connectivity index (χ1n) is 16.2. The molecule has 0 atom stereocenters. The van der Waals surface area contributed by atoms with Crippen LogP contribution in [0.4, 0.5) is 0 Å². The van der Waals surface area contributed by atoms with Crippen LogP contribution in [0.25, 0.3) is 28.3 Å². The van der Waals surface area contributed by atoms with Crippen LogP contribution in [0.5, 0.6) is 0 Å². The second-order valence-electron chi connectivity index (χ2n) is 12.7. The molecule has 2 aliphatic carbocycles. The molecule has 7 rings (SSSR count). The van der Waals surface area contributed by atoms with Gasteiger partial charge in [0.15, 0.2) is 5.82 Å². The van der Waals surface area contributed by atoms with Crippen LogP contribution in [-0.2, 0) is 17.6 Å². The summed E-state index contributed by atoms with van der Waals surface area (Å²) in [6.45, 7) is 2.61. The van der Waals surface area contributed by atoms with Crippen LogP contribution in [0, 0.1) is 16.7 Å². The van der Waals surface area contributed by atoms with Crippen molar-refractivity contribution in [3.05, 3.63) is 92.6 Å². The molecule has 2 fully saturated rings. The molecule has 12 heteroatoms. The number of nitriles is 1. The number of aromatic amines is 1. The molecule has 0 bridgehead atoms. The normalized spacial score (nSPS) is 18.7. The van der Waals surface area contributed by atoms with Crippen molar-refractivity contribution in [1.82, 2.24) is 29.3 Å². The molecule has 0 amide bonds. The SMILES string of the molecule is CCCc1c(Cc2ccc(-c3ccccc3-c3noc(=O)[nH]3)cc2)c(=O)n(C2CCC(OCC3(C#N)CCC3)CC2)c2ncnn12.[KH]. The van der Waals surface area contributed by atoms with E-state index in [1.807, 2.05) is 57.6 Å². The molecule has 0 aliphatic heterocycles. The Balaban J connectivity index is 0.00000386. The Morgan fingerprint density at radius 3 is 2.45 bits per heavy atom. The van der Waals surface area contributed by atoms with Crippen LogP contribution < -0.4 is 11.3 Å². The molecular weight excluding hydrogens is 622 g/mol. The molecule has 11 nitrogen and oxygen atoms in total. The summed E-state index contributed by atoms with van der Waals surface area (Å²) in [5.41, 5.74) is 4.98. The van der Waals surface area contributed by atoms with E-state index in [4.69, 9.17) is 9.26 Å². The van der Waals surface area contributed by atoms with Gasteiger partial charge < -0.3 is 4.74 Å². The second kappa shape index (κ2) is 14.5. The molecule has 5 aromatic rings. The van der Waals surface area contributed by atoms with Crippen molar-refractivity contribution in [2.24, 2.45) is 5.41 Å². The van der Waals surface area contributed by atoms with E-state index in [0.717, 1.165) is 84.9 Å². The van der Waals surface area contributed by atoms with Crippen molar-refractivity contribution < 1.29 is 9.26 Å². The summed E-state index contributed by atoms with van der Waals surface area (Å²) >= 11 is 0. The molecule has 2 aliphatic rings. The molecule has 1 N–H and O–H groups in total. The van der Waals surface area contributed by atoms with Gasteiger partial charge in [-0.15, -0.1) is 0 Å².